The predicted octanol–water partition coefficient (Wildman–Crippen LogP) is 7.65. The molecule has 152 valence electrons. The highest BCUT2D eigenvalue weighted by atomic mass is 19.4. The van der Waals surface area contributed by atoms with E-state index in [0.29, 0.717) is 18.8 Å². The molecule has 2 saturated carbocycles. The Morgan fingerprint density at radius 2 is 1.57 bits per heavy atom. The van der Waals surface area contributed by atoms with Crippen LogP contribution in [-0.4, -0.2) is 6.18 Å². The smallest absolute Gasteiger partial charge is 0.171 e. The quantitative estimate of drug-likeness (QED) is 0.367. The second-order valence-electron chi connectivity index (χ2n) is 8.57. The third-order valence-corrected chi connectivity index (χ3v) is 6.62. The van der Waals surface area contributed by atoms with Crippen LogP contribution in [0.2, 0.25) is 0 Å². The summed E-state index contributed by atoms with van der Waals surface area (Å²) in [4.78, 5) is 0. The molecule has 0 spiro atoms. The van der Waals surface area contributed by atoms with Gasteiger partial charge in [-0.3, -0.25) is 0 Å². The lowest BCUT2D eigenvalue weighted by atomic mass is 9.77. The van der Waals surface area contributed by atoms with Gasteiger partial charge in [-0.2, -0.15) is 13.2 Å². The van der Waals surface area contributed by atoms with E-state index in [-0.39, 0.29) is 18.8 Å². The molecule has 0 N–H and O–H groups in total. The monoisotopic (exact) mass is 388 g/mol. The van der Waals surface area contributed by atoms with E-state index in [4.69, 9.17) is 0 Å². The molecule has 2 fully saturated rings. The Kier molecular flexibility index (Phi) is 7.27. The van der Waals surface area contributed by atoms with Gasteiger partial charge in [0.15, 0.2) is 0 Å². The summed E-state index contributed by atoms with van der Waals surface area (Å²) in [5.74, 6) is 6.88. The van der Waals surface area contributed by atoms with E-state index in [1.54, 1.807) is 0 Å². The highest BCUT2D eigenvalue weighted by Crippen LogP contribution is 2.39. The first-order chi connectivity index (χ1) is 13.5. The van der Waals surface area contributed by atoms with Crippen molar-refractivity contribution in [3.63, 3.8) is 0 Å². The average Bonchev–Trinajstić information content (AvgIpc) is 2.71. The lowest BCUT2D eigenvalue weighted by molar-refractivity contribution is -0.182. The number of halogens is 3. The van der Waals surface area contributed by atoms with Crippen LogP contribution in [-0.2, 0) is 0 Å². The number of hydrogen-bond acceptors (Lipinski definition) is 0. The molecule has 0 atom stereocenters. The van der Waals surface area contributed by atoms with Crippen LogP contribution in [0, 0.1) is 29.6 Å². The summed E-state index contributed by atoms with van der Waals surface area (Å²) in [7, 11) is 0. The zero-order valence-electron chi connectivity index (χ0n) is 16.6. The molecule has 0 saturated heterocycles. The molecule has 2 aliphatic carbocycles. The van der Waals surface area contributed by atoms with Crippen molar-refractivity contribution in [1.82, 2.24) is 0 Å². The number of allylic oxidation sites excluding steroid dienone is 1. The van der Waals surface area contributed by atoms with Gasteiger partial charge in [-0.1, -0.05) is 30.0 Å². The molecule has 0 heterocycles. The van der Waals surface area contributed by atoms with E-state index >= 15 is 0 Å². The molecule has 0 unspecified atom stereocenters. The van der Waals surface area contributed by atoms with Crippen LogP contribution in [0.15, 0.2) is 36.9 Å². The van der Waals surface area contributed by atoms with Gasteiger partial charge in [-0.05, 0) is 93.7 Å². The van der Waals surface area contributed by atoms with Gasteiger partial charge in [0.1, 0.15) is 0 Å². The van der Waals surface area contributed by atoms with Gasteiger partial charge in [-0.15, -0.1) is 6.58 Å². The van der Waals surface area contributed by atoms with Gasteiger partial charge in [0.25, 0.3) is 0 Å². The van der Waals surface area contributed by atoms with Crippen LogP contribution in [0.1, 0.15) is 81.3 Å². The molecule has 3 rings (SSSR count). The van der Waals surface area contributed by atoms with E-state index in [1.807, 2.05) is 6.08 Å². The van der Waals surface area contributed by atoms with Crippen molar-refractivity contribution in [3.05, 3.63) is 48.0 Å². The fourth-order valence-corrected chi connectivity index (χ4v) is 4.73. The third kappa shape index (κ3) is 5.90. The molecule has 3 heteroatoms. The Bertz CT molecular complexity index is 673. The Morgan fingerprint density at radius 3 is 2.14 bits per heavy atom. The topological polar surface area (TPSA) is 0 Å². The second kappa shape index (κ2) is 9.68. The number of benzene rings is 1. The highest BCUT2D eigenvalue weighted by Gasteiger charge is 2.41. The fraction of sp³-hybridized carbons (Fsp3) is 0.600. The lowest BCUT2D eigenvalue weighted by Crippen LogP contribution is -2.27. The molecule has 0 bridgehead atoms. The maximum atomic E-state index is 12.7. The maximum Gasteiger partial charge on any atom is 0.391 e. The summed E-state index contributed by atoms with van der Waals surface area (Å²) in [6.45, 7) is 3.82. The Morgan fingerprint density at radius 1 is 0.929 bits per heavy atom. The summed E-state index contributed by atoms with van der Waals surface area (Å²) >= 11 is 0. The minimum atomic E-state index is -4.04. The van der Waals surface area contributed by atoms with E-state index in [1.165, 1.54) is 37.7 Å². The van der Waals surface area contributed by atoms with Gasteiger partial charge in [0, 0.05) is 11.5 Å². The standard InChI is InChI=1S/C25H31F3/c1-2-3-4-19-7-13-22(14-8-19)23-15-9-20(10-16-23)5-6-21-11-17-24(18-12-21)25(26,27)28/h2,9-10,15-16,19,21-22,24H,1,3-4,7-8,11-14,17-18H2. The molecule has 0 amide bonds. The molecule has 0 aliphatic heterocycles. The highest BCUT2D eigenvalue weighted by molar-refractivity contribution is 5.37. The van der Waals surface area contributed by atoms with Crippen molar-refractivity contribution in [2.75, 3.05) is 0 Å². The molecule has 1 aromatic rings. The fourth-order valence-electron chi connectivity index (χ4n) is 4.73. The molecule has 0 aromatic heterocycles. The molecule has 2 aliphatic rings. The summed E-state index contributed by atoms with van der Waals surface area (Å²) in [6.07, 6.45) is 7.07. The van der Waals surface area contributed by atoms with E-state index < -0.39 is 12.1 Å². The minimum Gasteiger partial charge on any atom is -0.171 e. The van der Waals surface area contributed by atoms with Crippen molar-refractivity contribution >= 4 is 0 Å². The van der Waals surface area contributed by atoms with Gasteiger partial charge in [-0.25, -0.2) is 0 Å². The maximum absolute atomic E-state index is 12.7. The predicted molar refractivity (Wildman–Crippen MR) is 109 cm³/mol. The molecule has 28 heavy (non-hydrogen) atoms. The van der Waals surface area contributed by atoms with Crippen molar-refractivity contribution < 1.29 is 13.2 Å². The van der Waals surface area contributed by atoms with Crippen molar-refractivity contribution in [2.45, 2.75) is 76.3 Å². The van der Waals surface area contributed by atoms with Gasteiger partial charge >= 0.3 is 6.18 Å². The van der Waals surface area contributed by atoms with Crippen LogP contribution in [0.25, 0.3) is 0 Å². The first-order valence-corrected chi connectivity index (χ1v) is 10.7. The summed E-state index contributed by atoms with van der Waals surface area (Å²) in [6, 6.07) is 8.54. The molecule has 1 aromatic carbocycles. The SMILES string of the molecule is C=CCCC1CCC(c2ccc(C#CC3CCC(C(F)(F)F)CC3)cc2)CC1. The summed E-state index contributed by atoms with van der Waals surface area (Å²) < 4.78 is 38.2. The van der Waals surface area contributed by atoms with E-state index in [0.717, 1.165) is 17.9 Å². The van der Waals surface area contributed by atoms with Crippen LogP contribution < -0.4 is 0 Å². The number of alkyl halides is 3. The third-order valence-electron chi connectivity index (χ3n) is 6.62. The van der Waals surface area contributed by atoms with Crippen molar-refractivity contribution in [2.24, 2.45) is 17.8 Å². The van der Waals surface area contributed by atoms with Gasteiger partial charge < -0.3 is 0 Å². The number of rotatable bonds is 4. The van der Waals surface area contributed by atoms with Crippen molar-refractivity contribution in [3.8, 4) is 11.8 Å². The van der Waals surface area contributed by atoms with E-state index in [9.17, 15) is 13.2 Å². The second-order valence-corrected chi connectivity index (χ2v) is 8.57. The zero-order valence-corrected chi connectivity index (χ0v) is 16.6. The Balaban J connectivity index is 1.48. The normalized spacial score (nSPS) is 28.2. The van der Waals surface area contributed by atoms with Crippen LogP contribution in [0.5, 0.6) is 0 Å². The summed E-state index contributed by atoms with van der Waals surface area (Å²) in [5.41, 5.74) is 2.37. The lowest BCUT2D eigenvalue weighted by Gasteiger charge is -2.28. The molecule has 0 radical (unpaired) electrons. The minimum absolute atomic E-state index is 0.101. The Labute approximate surface area is 167 Å². The Hall–Kier alpha value is -1.69. The molecular formula is C25H31F3. The zero-order chi connectivity index (χ0) is 20.0. The van der Waals surface area contributed by atoms with Gasteiger partial charge in [0.2, 0.25) is 0 Å². The van der Waals surface area contributed by atoms with Crippen molar-refractivity contribution in [1.29, 1.82) is 0 Å². The van der Waals surface area contributed by atoms with Crippen LogP contribution in [0.3, 0.4) is 0 Å². The molecule has 0 nitrogen and oxygen atoms in total. The van der Waals surface area contributed by atoms with Gasteiger partial charge in [0.05, 0.1) is 5.92 Å². The molecular weight excluding hydrogens is 357 g/mol. The van der Waals surface area contributed by atoms with Crippen LogP contribution in [0.4, 0.5) is 13.2 Å². The first-order valence-electron chi connectivity index (χ1n) is 10.7. The number of hydrogen-bond donors (Lipinski definition) is 0. The first kappa shape index (κ1) is 21.0. The summed E-state index contributed by atoms with van der Waals surface area (Å²) in [5, 5.41) is 0. The largest absolute Gasteiger partial charge is 0.391 e. The van der Waals surface area contributed by atoms with E-state index in [2.05, 4.69) is 42.7 Å². The average molecular weight is 389 g/mol. The van der Waals surface area contributed by atoms with Crippen LogP contribution >= 0.6 is 0 Å².